The van der Waals surface area contributed by atoms with Gasteiger partial charge in [0.15, 0.2) is 0 Å². The van der Waals surface area contributed by atoms with Crippen LogP contribution < -0.4 is 10.5 Å². The normalized spacial score (nSPS) is 13.5. The van der Waals surface area contributed by atoms with Gasteiger partial charge in [0.2, 0.25) is 10.0 Å². The van der Waals surface area contributed by atoms with Crippen LogP contribution in [0.4, 0.5) is 5.82 Å². The third-order valence-corrected chi connectivity index (χ3v) is 4.13. The van der Waals surface area contributed by atoms with Gasteiger partial charge >= 0.3 is 0 Å². The van der Waals surface area contributed by atoms with E-state index in [-0.39, 0.29) is 21.8 Å². The maximum Gasteiger partial charge on any atom is 0.242 e. The van der Waals surface area contributed by atoms with E-state index in [0.29, 0.717) is 13.0 Å². The summed E-state index contributed by atoms with van der Waals surface area (Å²) in [5.41, 5.74) is 5.43. The van der Waals surface area contributed by atoms with Crippen molar-refractivity contribution in [1.29, 1.82) is 0 Å². The Morgan fingerprint density at radius 3 is 2.78 bits per heavy atom. The summed E-state index contributed by atoms with van der Waals surface area (Å²) in [6.07, 6.45) is 1.78. The number of nitrogens with two attached hydrogens (primary N) is 1. The smallest absolute Gasteiger partial charge is 0.242 e. The number of nitrogen functional groups attached to an aromatic ring is 1. The third kappa shape index (κ3) is 3.81. The van der Waals surface area contributed by atoms with Gasteiger partial charge in [-0.25, -0.2) is 18.1 Å². The summed E-state index contributed by atoms with van der Waals surface area (Å²) in [7, 11) is -2.15. The van der Waals surface area contributed by atoms with Crippen molar-refractivity contribution in [3.05, 3.63) is 17.3 Å². The summed E-state index contributed by atoms with van der Waals surface area (Å²) in [6, 6.07) is 0.975. The number of aromatic nitrogens is 1. The summed E-state index contributed by atoms with van der Waals surface area (Å²) in [4.78, 5) is 3.70. The monoisotopic (exact) mass is 293 g/mol. The molecule has 102 valence electrons. The van der Waals surface area contributed by atoms with Crippen LogP contribution in [0.5, 0.6) is 0 Å². The molecule has 0 saturated heterocycles. The molecule has 0 spiro atoms. The maximum atomic E-state index is 12.0. The zero-order valence-electron chi connectivity index (χ0n) is 10.2. The molecule has 0 aliphatic rings. The SMILES string of the molecule is CCC(COC)NS(=O)(=O)c1cnc(N)c(Cl)c1. The lowest BCUT2D eigenvalue weighted by atomic mass is 10.3. The largest absolute Gasteiger partial charge is 0.383 e. The molecule has 6 nitrogen and oxygen atoms in total. The Bertz CT molecular complexity index is 507. The lowest BCUT2D eigenvalue weighted by Crippen LogP contribution is -2.37. The molecule has 0 aliphatic heterocycles. The van der Waals surface area contributed by atoms with Gasteiger partial charge in [0.25, 0.3) is 0 Å². The van der Waals surface area contributed by atoms with Gasteiger partial charge in [0, 0.05) is 19.3 Å². The van der Waals surface area contributed by atoms with E-state index in [1.807, 2.05) is 6.92 Å². The molecule has 0 aromatic carbocycles. The first-order valence-corrected chi connectivity index (χ1v) is 7.19. The highest BCUT2D eigenvalue weighted by Gasteiger charge is 2.20. The van der Waals surface area contributed by atoms with Crippen LogP contribution >= 0.6 is 11.6 Å². The number of nitrogens with one attached hydrogen (secondary N) is 1. The molecule has 0 saturated carbocycles. The second kappa shape index (κ2) is 6.33. The fraction of sp³-hybridized carbons (Fsp3) is 0.500. The Hall–Kier alpha value is -0.890. The molecule has 3 N–H and O–H groups in total. The first-order chi connectivity index (χ1) is 8.40. The predicted molar refractivity (Wildman–Crippen MR) is 69.9 cm³/mol. The van der Waals surface area contributed by atoms with Crippen molar-refractivity contribution in [1.82, 2.24) is 9.71 Å². The number of hydrogen-bond donors (Lipinski definition) is 2. The number of halogens is 1. The summed E-state index contributed by atoms with van der Waals surface area (Å²) in [6.45, 7) is 2.16. The van der Waals surface area contributed by atoms with Gasteiger partial charge in [-0.1, -0.05) is 18.5 Å². The number of hydrogen-bond acceptors (Lipinski definition) is 5. The molecular weight excluding hydrogens is 278 g/mol. The van der Waals surface area contributed by atoms with Gasteiger partial charge < -0.3 is 10.5 Å². The van der Waals surface area contributed by atoms with E-state index in [1.54, 1.807) is 0 Å². The molecule has 1 rings (SSSR count). The average molecular weight is 294 g/mol. The summed E-state index contributed by atoms with van der Waals surface area (Å²) in [5.74, 6) is 0.0968. The highest BCUT2D eigenvalue weighted by Crippen LogP contribution is 2.20. The molecule has 0 fully saturated rings. The van der Waals surface area contributed by atoms with Crippen LogP contribution in [0.15, 0.2) is 17.2 Å². The van der Waals surface area contributed by atoms with E-state index < -0.39 is 10.0 Å². The minimum absolute atomic E-state index is 0.0174. The van der Waals surface area contributed by atoms with Gasteiger partial charge in [-0.15, -0.1) is 0 Å². The van der Waals surface area contributed by atoms with Gasteiger partial charge in [-0.05, 0) is 12.5 Å². The Kier molecular flexibility index (Phi) is 5.33. The number of anilines is 1. The summed E-state index contributed by atoms with van der Waals surface area (Å²) < 4.78 is 31.5. The van der Waals surface area contributed by atoms with Crippen molar-refractivity contribution in [3.8, 4) is 0 Å². The molecule has 1 aromatic heterocycles. The van der Waals surface area contributed by atoms with Gasteiger partial charge in [0.05, 0.1) is 11.6 Å². The van der Waals surface area contributed by atoms with Crippen molar-refractivity contribution >= 4 is 27.4 Å². The van der Waals surface area contributed by atoms with E-state index >= 15 is 0 Å². The number of pyridine rings is 1. The first kappa shape index (κ1) is 15.2. The molecule has 0 radical (unpaired) electrons. The predicted octanol–water partition coefficient (Wildman–Crippen LogP) is 1.02. The van der Waals surface area contributed by atoms with Gasteiger partial charge in [-0.3, -0.25) is 0 Å². The van der Waals surface area contributed by atoms with Gasteiger partial charge in [0.1, 0.15) is 10.7 Å². The molecule has 0 bridgehead atoms. The van der Waals surface area contributed by atoms with Gasteiger partial charge in [-0.2, -0.15) is 0 Å². The fourth-order valence-corrected chi connectivity index (χ4v) is 2.81. The Morgan fingerprint density at radius 1 is 1.61 bits per heavy atom. The molecule has 1 heterocycles. The maximum absolute atomic E-state index is 12.0. The lowest BCUT2D eigenvalue weighted by molar-refractivity contribution is 0.173. The van der Waals surface area contributed by atoms with E-state index in [2.05, 4.69) is 9.71 Å². The molecule has 1 atom stereocenters. The van der Waals surface area contributed by atoms with Crippen LogP contribution in [0.25, 0.3) is 0 Å². The van der Waals surface area contributed by atoms with Crippen LogP contribution in [0.1, 0.15) is 13.3 Å². The molecule has 0 amide bonds. The van der Waals surface area contributed by atoms with Crippen LogP contribution in [0, 0.1) is 0 Å². The quantitative estimate of drug-likeness (QED) is 0.816. The number of nitrogens with zero attached hydrogens (tertiary/aromatic N) is 1. The van der Waals surface area contributed by atoms with Crippen molar-refractivity contribution in [2.45, 2.75) is 24.3 Å². The zero-order chi connectivity index (χ0) is 13.8. The van der Waals surface area contributed by atoms with E-state index in [4.69, 9.17) is 22.1 Å². The van der Waals surface area contributed by atoms with Crippen molar-refractivity contribution in [3.63, 3.8) is 0 Å². The zero-order valence-corrected chi connectivity index (χ0v) is 11.8. The van der Waals surface area contributed by atoms with Crippen LogP contribution in [-0.2, 0) is 14.8 Å². The highest BCUT2D eigenvalue weighted by molar-refractivity contribution is 7.89. The van der Waals surface area contributed by atoms with E-state index in [9.17, 15) is 8.42 Å². The minimum Gasteiger partial charge on any atom is -0.383 e. The highest BCUT2D eigenvalue weighted by atomic mass is 35.5. The Labute approximate surface area is 112 Å². The number of rotatable bonds is 6. The van der Waals surface area contributed by atoms with E-state index in [0.717, 1.165) is 0 Å². The fourth-order valence-electron chi connectivity index (χ4n) is 1.30. The summed E-state index contributed by atoms with van der Waals surface area (Å²) >= 11 is 5.75. The number of sulfonamides is 1. The number of methoxy groups -OCH3 is 1. The summed E-state index contributed by atoms with van der Waals surface area (Å²) in [5, 5.41) is 0.109. The van der Waals surface area contributed by atoms with Crippen molar-refractivity contribution in [2.24, 2.45) is 0 Å². The average Bonchev–Trinajstić information content (AvgIpc) is 2.31. The Morgan fingerprint density at radius 2 is 2.28 bits per heavy atom. The van der Waals surface area contributed by atoms with Crippen LogP contribution in [0.3, 0.4) is 0 Å². The minimum atomic E-state index is -3.67. The Balaban J connectivity index is 2.95. The second-order valence-electron chi connectivity index (χ2n) is 3.72. The molecule has 1 unspecified atom stereocenters. The number of ether oxygens (including phenoxy) is 1. The van der Waals surface area contributed by atoms with Crippen LogP contribution in [0.2, 0.25) is 5.02 Å². The second-order valence-corrected chi connectivity index (χ2v) is 5.84. The third-order valence-electron chi connectivity index (χ3n) is 2.34. The van der Waals surface area contributed by atoms with Crippen LogP contribution in [-0.4, -0.2) is 33.2 Å². The molecule has 1 aromatic rings. The molecule has 8 heteroatoms. The van der Waals surface area contributed by atoms with Crippen molar-refractivity contribution < 1.29 is 13.2 Å². The molecular formula is C10H16ClN3O3S. The first-order valence-electron chi connectivity index (χ1n) is 5.33. The molecule has 0 aliphatic carbocycles. The van der Waals surface area contributed by atoms with E-state index in [1.165, 1.54) is 19.4 Å². The topological polar surface area (TPSA) is 94.3 Å². The molecule has 18 heavy (non-hydrogen) atoms. The van der Waals surface area contributed by atoms with Crippen molar-refractivity contribution in [2.75, 3.05) is 19.5 Å². The lowest BCUT2D eigenvalue weighted by Gasteiger charge is -2.16. The standard InChI is InChI=1S/C10H16ClN3O3S/c1-3-7(6-17-2)14-18(15,16)8-4-9(11)10(12)13-5-8/h4-5,7,14H,3,6H2,1-2H3,(H2,12,13).